The molecule has 0 amide bonds. The molecule has 4 nitrogen and oxygen atoms in total. The van der Waals surface area contributed by atoms with Gasteiger partial charge in [-0.15, -0.1) is 0 Å². The lowest BCUT2D eigenvalue weighted by Crippen LogP contribution is -2.14. The first-order chi connectivity index (χ1) is 48.9. The fourth-order valence-electron chi connectivity index (χ4n) is 15.1. The minimum atomic E-state index is -0.0381. The molecule has 99 heavy (non-hydrogen) atoms. The molecule has 0 saturated heterocycles. The van der Waals surface area contributed by atoms with Gasteiger partial charge in [0.25, 0.3) is 0 Å². The SMILES string of the molecule is CC1(C)c2ccccc2-c2ccc(-c3ccc(N(c4ccc(-c5ccccc5)cc4)c4ccc(-c5ccc6c(c5)c5ccccc5n6-c5ccccc5)cc4)cc3)cc21.c1ccc(N(c2ccccc2)c2c3ccccc3c(N(c3ccccc3)c3ccccc3)c3ccccc23)cc1. The second kappa shape index (κ2) is 25.8. The van der Waals surface area contributed by atoms with Crippen LogP contribution in [0.15, 0.2) is 388 Å². The monoisotopic (exact) mass is 1270 g/mol. The maximum Gasteiger partial charge on any atom is 0.0619 e. The summed E-state index contributed by atoms with van der Waals surface area (Å²) in [6, 6.07) is 140. The summed E-state index contributed by atoms with van der Waals surface area (Å²) in [5, 5.41) is 7.29. The quantitative estimate of drug-likeness (QED) is 0.0845. The highest BCUT2D eigenvalue weighted by atomic mass is 15.2. The molecule has 0 fully saturated rings. The highest BCUT2D eigenvalue weighted by molar-refractivity contribution is 6.23. The van der Waals surface area contributed by atoms with E-state index < -0.39 is 0 Å². The van der Waals surface area contributed by atoms with Crippen LogP contribution in [-0.2, 0) is 5.41 Å². The Bertz CT molecular complexity index is 5440. The van der Waals surface area contributed by atoms with Crippen LogP contribution in [0.25, 0.3) is 93.5 Å². The molecule has 0 spiro atoms. The van der Waals surface area contributed by atoms with Gasteiger partial charge in [0.15, 0.2) is 0 Å². The first-order valence-electron chi connectivity index (χ1n) is 34.1. The van der Waals surface area contributed by atoms with Crippen molar-refractivity contribution in [3.8, 4) is 50.2 Å². The topological polar surface area (TPSA) is 14.7 Å². The Balaban J connectivity index is 0.000000160. The van der Waals surface area contributed by atoms with E-state index in [4.69, 9.17) is 0 Å². The van der Waals surface area contributed by atoms with Gasteiger partial charge in [-0.3, -0.25) is 0 Å². The van der Waals surface area contributed by atoms with E-state index in [1.54, 1.807) is 0 Å². The summed E-state index contributed by atoms with van der Waals surface area (Å²) >= 11 is 0. The van der Waals surface area contributed by atoms with Crippen molar-refractivity contribution in [2.24, 2.45) is 0 Å². The molecule has 16 aromatic carbocycles. The lowest BCUT2D eigenvalue weighted by molar-refractivity contribution is 0.660. The first kappa shape index (κ1) is 59.9. The zero-order chi connectivity index (χ0) is 66.2. The standard InChI is InChI=1S/C57H42N2.C38H28N2/c1-57(2)53-19-11-9-17-49(53)50-35-27-44(38-54(50)57)42-25-33-48(34-26-42)58(46-29-21-40(22-30-46)39-13-5-3-6-14-39)47-31-23-41(24-32-47)43-28-36-56-52(37-43)51-18-10-12-20-55(51)59(56)45-15-7-4-8-16-45;1-5-17-29(18-6-1)39(30-19-7-2-8-20-30)37-33-25-13-15-27-35(33)38(36-28-16-14-26-34(36)37)40(31-21-9-3-10-22-31)32-23-11-4-12-24-32/h3-38H,1-2H3;1-28H. The molecule has 0 unspecified atom stereocenters. The second-order valence-corrected chi connectivity index (χ2v) is 26.0. The Kier molecular flexibility index (Phi) is 15.6. The van der Waals surface area contributed by atoms with Crippen LogP contribution in [0.4, 0.5) is 51.2 Å². The second-order valence-electron chi connectivity index (χ2n) is 26.0. The van der Waals surface area contributed by atoms with Gasteiger partial charge in [0.2, 0.25) is 0 Å². The largest absolute Gasteiger partial charge is 0.311 e. The van der Waals surface area contributed by atoms with Gasteiger partial charge in [0.05, 0.1) is 22.4 Å². The van der Waals surface area contributed by atoms with Gasteiger partial charge in [-0.1, -0.05) is 281 Å². The molecule has 0 saturated carbocycles. The maximum absolute atomic E-state index is 2.40. The van der Waals surface area contributed by atoms with Crippen molar-refractivity contribution in [1.29, 1.82) is 0 Å². The number of benzene rings is 16. The zero-order valence-electron chi connectivity index (χ0n) is 55.2. The van der Waals surface area contributed by atoms with E-state index in [0.717, 1.165) is 39.8 Å². The van der Waals surface area contributed by atoms with E-state index in [0.29, 0.717) is 0 Å². The summed E-state index contributed by atoms with van der Waals surface area (Å²) in [4.78, 5) is 7.15. The Morgan fingerprint density at radius 1 is 0.212 bits per heavy atom. The lowest BCUT2D eigenvalue weighted by Gasteiger charge is -2.32. The van der Waals surface area contributed by atoms with E-state index in [-0.39, 0.29) is 5.41 Å². The summed E-state index contributed by atoms with van der Waals surface area (Å²) in [5.41, 5.74) is 26.5. The maximum atomic E-state index is 2.40. The van der Waals surface area contributed by atoms with E-state index in [2.05, 4.69) is 421 Å². The Hall–Kier alpha value is -12.8. The van der Waals surface area contributed by atoms with E-state index in [1.807, 2.05) is 0 Å². The predicted octanol–water partition coefficient (Wildman–Crippen LogP) is 26.5. The molecule has 0 atom stereocenters. The van der Waals surface area contributed by atoms with Crippen molar-refractivity contribution >= 4 is 94.5 Å². The zero-order valence-corrected chi connectivity index (χ0v) is 55.2. The molecule has 17 aromatic rings. The van der Waals surface area contributed by atoms with Gasteiger partial charge < -0.3 is 19.3 Å². The minimum absolute atomic E-state index is 0.0381. The number of rotatable bonds is 13. The van der Waals surface area contributed by atoms with Crippen molar-refractivity contribution in [2.45, 2.75) is 19.3 Å². The Morgan fingerprint density at radius 2 is 0.525 bits per heavy atom. The number of fused-ring (bicyclic) bond motifs is 8. The molecular weight excluding hydrogens is 1200 g/mol. The van der Waals surface area contributed by atoms with E-state index in [9.17, 15) is 0 Å². The van der Waals surface area contributed by atoms with Crippen LogP contribution >= 0.6 is 0 Å². The molecule has 1 aromatic heterocycles. The van der Waals surface area contributed by atoms with Gasteiger partial charge in [0.1, 0.15) is 0 Å². The molecule has 4 heteroatoms. The highest BCUT2D eigenvalue weighted by Crippen LogP contribution is 2.53. The molecule has 0 bridgehead atoms. The van der Waals surface area contributed by atoms with E-state index >= 15 is 0 Å². The Labute approximate surface area is 579 Å². The summed E-state index contributed by atoms with van der Waals surface area (Å²) < 4.78 is 2.37. The molecule has 1 aliphatic rings. The summed E-state index contributed by atoms with van der Waals surface area (Å²) in [7, 11) is 0. The highest BCUT2D eigenvalue weighted by Gasteiger charge is 2.35. The van der Waals surface area contributed by atoms with Gasteiger partial charge in [-0.05, 0) is 177 Å². The number of aromatic nitrogens is 1. The van der Waals surface area contributed by atoms with Crippen LogP contribution < -0.4 is 14.7 Å². The van der Waals surface area contributed by atoms with Crippen molar-refractivity contribution in [3.63, 3.8) is 0 Å². The van der Waals surface area contributed by atoms with Crippen LogP contribution in [0.5, 0.6) is 0 Å². The fourth-order valence-corrected chi connectivity index (χ4v) is 15.1. The number of anilines is 9. The average molecular weight is 1270 g/mol. The molecule has 1 heterocycles. The molecule has 18 rings (SSSR count). The average Bonchev–Trinajstić information content (AvgIpc) is 1.53. The van der Waals surface area contributed by atoms with Crippen LogP contribution in [0.2, 0.25) is 0 Å². The normalized spacial score (nSPS) is 12.0. The third kappa shape index (κ3) is 11.0. The molecule has 0 aliphatic heterocycles. The van der Waals surface area contributed by atoms with Crippen LogP contribution in [-0.4, -0.2) is 4.57 Å². The van der Waals surface area contributed by atoms with Crippen molar-refractivity contribution in [1.82, 2.24) is 4.57 Å². The van der Waals surface area contributed by atoms with Gasteiger partial charge in [-0.2, -0.15) is 0 Å². The third-order valence-corrected chi connectivity index (χ3v) is 19.8. The third-order valence-electron chi connectivity index (χ3n) is 19.8. The van der Waals surface area contributed by atoms with Crippen molar-refractivity contribution in [2.75, 3.05) is 14.7 Å². The van der Waals surface area contributed by atoms with Gasteiger partial charge >= 0.3 is 0 Å². The molecule has 1 aliphatic carbocycles. The smallest absolute Gasteiger partial charge is 0.0619 e. The van der Waals surface area contributed by atoms with Crippen LogP contribution in [0, 0.1) is 0 Å². The summed E-state index contributed by atoms with van der Waals surface area (Å²) in [5.74, 6) is 0. The molecular formula is C95H70N4. The first-order valence-corrected chi connectivity index (χ1v) is 34.1. The molecule has 0 radical (unpaired) electrons. The van der Waals surface area contributed by atoms with Crippen LogP contribution in [0.1, 0.15) is 25.0 Å². The molecule has 470 valence electrons. The van der Waals surface area contributed by atoms with Crippen LogP contribution in [0.3, 0.4) is 0 Å². The summed E-state index contributed by atoms with van der Waals surface area (Å²) in [6.07, 6.45) is 0. The summed E-state index contributed by atoms with van der Waals surface area (Å²) in [6.45, 7) is 4.69. The van der Waals surface area contributed by atoms with Gasteiger partial charge in [0, 0.05) is 83.2 Å². The predicted molar refractivity (Wildman–Crippen MR) is 420 cm³/mol. The molecule has 0 N–H and O–H groups in total. The van der Waals surface area contributed by atoms with Crippen molar-refractivity contribution in [3.05, 3.63) is 399 Å². The number of hydrogen-bond acceptors (Lipinski definition) is 3. The number of para-hydroxylation sites is 6. The fraction of sp³-hybridized carbons (Fsp3) is 0.0316. The number of nitrogens with zero attached hydrogens (tertiary/aromatic N) is 4. The Morgan fingerprint density at radius 3 is 0.990 bits per heavy atom. The number of hydrogen-bond donors (Lipinski definition) is 0. The lowest BCUT2D eigenvalue weighted by atomic mass is 9.81. The minimum Gasteiger partial charge on any atom is -0.311 e. The van der Waals surface area contributed by atoms with E-state index in [1.165, 1.54) is 116 Å². The van der Waals surface area contributed by atoms with Gasteiger partial charge in [-0.25, -0.2) is 0 Å². The van der Waals surface area contributed by atoms with Crippen molar-refractivity contribution < 1.29 is 0 Å².